The number of hydrogen-bond donors (Lipinski definition) is 0. The summed E-state index contributed by atoms with van der Waals surface area (Å²) in [6.07, 6.45) is 2.06. The first kappa shape index (κ1) is 12.4. The highest BCUT2D eigenvalue weighted by molar-refractivity contribution is 6.20. The molecule has 0 aliphatic rings. The zero-order chi connectivity index (χ0) is 11.3. The molecule has 0 amide bonds. The van der Waals surface area contributed by atoms with Gasteiger partial charge in [0.1, 0.15) is 5.75 Å². The maximum absolute atomic E-state index is 6.31. The largest absolute Gasteiger partial charge is 0.497 e. The number of halogens is 1. The van der Waals surface area contributed by atoms with Gasteiger partial charge >= 0.3 is 0 Å². The molecule has 0 spiro atoms. The first-order valence-electron chi connectivity index (χ1n) is 5.44. The molecule has 0 radical (unpaired) electrons. The first-order chi connectivity index (χ1) is 7.17. The Morgan fingerprint density at radius 3 is 2.33 bits per heavy atom. The van der Waals surface area contributed by atoms with Crippen LogP contribution in [-0.4, -0.2) is 12.5 Å². The molecule has 0 saturated carbocycles. The Kier molecular flexibility index (Phi) is 4.97. The molecule has 15 heavy (non-hydrogen) atoms. The Hall–Kier alpha value is -0.690. The Labute approximate surface area is 97.4 Å². The number of rotatable bonds is 5. The second-order valence-electron chi connectivity index (χ2n) is 3.95. The minimum absolute atomic E-state index is 0.225. The third-order valence-corrected chi connectivity index (χ3v) is 3.44. The van der Waals surface area contributed by atoms with E-state index in [0.29, 0.717) is 5.92 Å². The molecular weight excluding hydrogens is 208 g/mol. The van der Waals surface area contributed by atoms with Crippen LogP contribution in [0.3, 0.4) is 0 Å². The van der Waals surface area contributed by atoms with Gasteiger partial charge in [-0.25, -0.2) is 0 Å². The Morgan fingerprint density at radius 2 is 1.87 bits per heavy atom. The van der Waals surface area contributed by atoms with E-state index in [0.717, 1.165) is 18.6 Å². The highest BCUT2D eigenvalue weighted by atomic mass is 35.5. The molecule has 2 atom stereocenters. The molecule has 0 N–H and O–H groups in total. The van der Waals surface area contributed by atoms with Gasteiger partial charge in [0.05, 0.1) is 7.11 Å². The predicted molar refractivity (Wildman–Crippen MR) is 65.8 cm³/mol. The molecule has 0 aliphatic heterocycles. The molecule has 0 heterocycles. The fourth-order valence-corrected chi connectivity index (χ4v) is 1.80. The summed E-state index contributed by atoms with van der Waals surface area (Å²) in [4.78, 5) is 0. The van der Waals surface area contributed by atoms with E-state index < -0.39 is 0 Å². The van der Waals surface area contributed by atoms with Gasteiger partial charge in [-0.1, -0.05) is 32.4 Å². The van der Waals surface area contributed by atoms with E-state index in [1.807, 2.05) is 12.1 Å². The van der Waals surface area contributed by atoms with Crippen LogP contribution in [0.2, 0.25) is 0 Å². The monoisotopic (exact) mass is 226 g/mol. The smallest absolute Gasteiger partial charge is 0.118 e. The standard InChI is InChI=1S/C13H19ClO/c1-4-10(2)13(14)9-11-5-7-12(15-3)8-6-11/h5-8,10,13H,4,9H2,1-3H3. The van der Waals surface area contributed by atoms with Crippen molar-refractivity contribution in [1.29, 1.82) is 0 Å². The Bertz CT molecular complexity index is 281. The highest BCUT2D eigenvalue weighted by Gasteiger charge is 2.12. The van der Waals surface area contributed by atoms with Crippen molar-refractivity contribution in [2.45, 2.75) is 32.1 Å². The first-order valence-corrected chi connectivity index (χ1v) is 5.88. The molecular formula is C13H19ClO. The topological polar surface area (TPSA) is 9.23 Å². The minimum Gasteiger partial charge on any atom is -0.497 e. The van der Waals surface area contributed by atoms with Crippen LogP contribution in [0, 0.1) is 5.92 Å². The van der Waals surface area contributed by atoms with Crippen molar-refractivity contribution in [1.82, 2.24) is 0 Å². The Balaban J connectivity index is 2.57. The van der Waals surface area contributed by atoms with E-state index in [1.165, 1.54) is 5.56 Å². The minimum atomic E-state index is 0.225. The van der Waals surface area contributed by atoms with Crippen molar-refractivity contribution in [3.63, 3.8) is 0 Å². The van der Waals surface area contributed by atoms with Gasteiger partial charge in [0, 0.05) is 5.38 Å². The van der Waals surface area contributed by atoms with Crippen molar-refractivity contribution in [2.75, 3.05) is 7.11 Å². The third kappa shape index (κ3) is 3.75. The molecule has 1 rings (SSSR count). The zero-order valence-electron chi connectivity index (χ0n) is 9.66. The zero-order valence-corrected chi connectivity index (χ0v) is 10.4. The van der Waals surface area contributed by atoms with Crippen LogP contribution >= 0.6 is 11.6 Å². The van der Waals surface area contributed by atoms with Gasteiger partial charge in [-0.05, 0) is 30.0 Å². The van der Waals surface area contributed by atoms with Crippen LogP contribution in [0.1, 0.15) is 25.8 Å². The summed E-state index contributed by atoms with van der Waals surface area (Å²) >= 11 is 6.31. The van der Waals surface area contributed by atoms with E-state index in [2.05, 4.69) is 26.0 Å². The van der Waals surface area contributed by atoms with Gasteiger partial charge in [-0.3, -0.25) is 0 Å². The van der Waals surface area contributed by atoms with Gasteiger partial charge in [0.25, 0.3) is 0 Å². The number of hydrogen-bond acceptors (Lipinski definition) is 1. The number of methoxy groups -OCH3 is 1. The van der Waals surface area contributed by atoms with Crippen LogP contribution in [0.5, 0.6) is 5.75 Å². The maximum Gasteiger partial charge on any atom is 0.118 e. The summed E-state index contributed by atoms with van der Waals surface area (Å²) in [6.45, 7) is 4.37. The van der Waals surface area contributed by atoms with Crippen LogP contribution in [-0.2, 0) is 6.42 Å². The van der Waals surface area contributed by atoms with E-state index in [-0.39, 0.29) is 5.38 Å². The summed E-state index contributed by atoms with van der Waals surface area (Å²) in [7, 11) is 1.68. The number of ether oxygens (including phenoxy) is 1. The van der Waals surface area contributed by atoms with Crippen molar-refractivity contribution in [3.8, 4) is 5.75 Å². The molecule has 1 aromatic carbocycles. The lowest BCUT2D eigenvalue weighted by molar-refractivity contribution is 0.414. The fourth-order valence-electron chi connectivity index (χ4n) is 1.44. The van der Waals surface area contributed by atoms with Gasteiger partial charge in [0.2, 0.25) is 0 Å². The van der Waals surface area contributed by atoms with Gasteiger partial charge < -0.3 is 4.74 Å². The van der Waals surface area contributed by atoms with E-state index in [4.69, 9.17) is 16.3 Å². The molecule has 1 aromatic rings. The second-order valence-corrected chi connectivity index (χ2v) is 4.51. The molecule has 84 valence electrons. The van der Waals surface area contributed by atoms with Crippen molar-refractivity contribution in [3.05, 3.63) is 29.8 Å². The van der Waals surface area contributed by atoms with Crippen LogP contribution in [0.25, 0.3) is 0 Å². The van der Waals surface area contributed by atoms with Gasteiger partial charge in [-0.15, -0.1) is 11.6 Å². The predicted octanol–water partition coefficient (Wildman–Crippen LogP) is 3.89. The molecule has 0 aromatic heterocycles. The average Bonchev–Trinajstić information content (AvgIpc) is 2.29. The number of alkyl halides is 1. The molecule has 1 nitrogen and oxygen atoms in total. The lowest BCUT2D eigenvalue weighted by atomic mass is 9.98. The molecule has 0 bridgehead atoms. The molecule has 0 aliphatic carbocycles. The quantitative estimate of drug-likeness (QED) is 0.693. The van der Waals surface area contributed by atoms with Gasteiger partial charge in [-0.2, -0.15) is 0 Å². The summed E-state index contributed by atoms with van der Waals surface area (Å²) in [5, 5.41) is 0.225. The van der Waals surface area contributed by atoms with Crippen LogP contribution in [0.4, 0.5) is 0 Å². The summed E-state index contributed by atoms with van der Waals surface area (Å²) in [5.41, 5.74) is 1.27. The lowest BCUT2D eigenvalue weighted by Gasteiger charge is -2.16. The van der Waals surface area contributed by atoms with E-state index >= 15 is 0 Å². The number of benzene rings is 1. The van der Waals surface area contributed by atoms with Gasteiger partial charge in [0.15, 0.2) is 0 Å². The summed E-state index contributed by atoms with van der Waals surface area (Å²) < 4.78 is 5.11. The molecule has 2 unspecified atom stereocenters. The lowest BCUT2D eigenvalue weighted by Crippen LogP contribution is -2.13. The van der Waals surface area contributed by atoms with Crippen molar-refractivity contribution >= 4 is 11.6 Å². The van der Waals surface area contributed by atoms with E-state index in [9.17, 15) is 0 Å². The van der Waals surface area contributed by atoms with Crippen LogP contribution in [0.15, 0.2) is 24.3 Å². The fraction of sp³-hybridized carbons (Fsp3) is 0.538. The van der Waals surface area contributed by atoms with Crippen molar-refractivity contribution < 1.29 is 4.74 Å². The van der Waals surface area contributed by atoms with Crippen LogP contribution < -0.4 is 4.74 Å². The SMILES string of the molecule is CCC(C)C(Cl)Cc1ccc(OC)cc1. The Morgan fingerprint density at radius 1 is 1.27 bits per heavy atom. The highest BCUT2D eigenvalue weighted by Crippen LogP contribution is 2.20. The van der Waals surface area contributed by atoms with E-state index in [1.54, 1.807) is 7.11 Å². The normalized spacial score (nSPS) is 14.7. The summed E-state index contributed by atoms with van der Waals surface area (Å²) in [5.74, 6) is 1.46. The maximum atomic E-state index is 6.31. The summed E-state index contributed by atoms with van der Waals surface area (Å²) in [6, 6.07) is 8.12. The molecule has 2 heteroatoms. The molecule has 0 fully saturated rings. The second kappa shape index (κ2) is 6.02. The molecule has 0 saturated heterocycles. The average molecular weight is 227 g/mol. The van der Waals surface area contributed by atoms with Crippen molar-refractivity contribution in [2.24, 2.45) is 5.92 Å². The third-order valence-electron chi connectivity index (χ3n) is 2.85.